The van der Waals surface area contributed by atoms with Gasteiger partial charge in [-0.3, -0.25) is 14.7 Å². The van der Waals surface area contributed by atoms with Crippen LogP contribution in [0.4, 0.5) is 0 Å². The maximum atomic E-state index is 12.6. The van der Waals surface area contributed by atoms with Crippen molar-refractivity contribution < 1.29 is 14.3 Å². The van der Waals surface area contributed by atoms with Gasteiger partial charge in [-0.05, 0) is 41.8 Å². The molecule has 0 aliphatic carbocycles. The normalized spacial score (nSPS) is 22.2. The predicted octanol–water partition coefficient (Wildman–Crippen LogP) is 2.65. The molecule has 29 heavy (non-hydrogen) atoms. The van der Waals surface area contributed by atoms with Crippen LogP contribution in [0.5, 0.6) is 5.75 Å². The molecule has 0 N–H and O–H groups in total. The second-order valence-corrected chi connectivity index (χ2v) is 7.50. The smallest absolute Gasteiger partial charge is 0.255 e. The molecular weight excluding hydrogens is 366 g/mol. The number of carbonyl (C=O) groups excluding carboxylic acids is 1. The van der Waals surface area contributed by atoms with E-state index in [0.29, 0.717) is 6.54 Å². The van der Waals surface area contributed by atoms with Crippen LogP contribution in [0.1, 0.15) is 17.7 Å². The highest BCUT2D eigenvalue weighted by atomic mass is 16.5. The minimum atomic E-state index is -0.373. The Morgan fingerprint density at radius 1 is 1.10 bits per heavy atom. The Morgan fingerprint density at radius 2 is 1.93 bits per heavy atom. The van der Waals surface area contributed by atoms with E-state index in [1.807, 2.05) is 47.5 Å². The Bertz CT molecular complexity index is 867. The summed E-state index contributed by atoms with van der Waals surface area (Å²) in [6.07, 6.45) is 4.66. The maximum Gasteiger partial charge on any atom is 0.255 e. The number of hydrogen-bond acceptors (Lipinski definition) is 5. The Kier molecular flexibility index (Phi) is 5.92. The standard InChI is InChI=1S/C23H27N3O3/c1-28-20-8-6-17(7-9-20)15-26-21(22(29-2)23(26)27)18-10-13-25(14-11-18)16-19-5-3-4-12-24-19/h3-10,12,21-22H,11,13-16H2,1-2H3/t21-,22+/m0/s1. The van der Waals surface area contributed by atoms with Crippen LogP contribution in [-0.4, -0.2) is 60.1 Å². The zero-order valence-corrected chi connectivity index (χ0v) is 17.0. The van der Waals surface area contributed by atoms with E-state index < -0.39 is 0 Å². The molecule has 3 heterocycles. The van der Waals surface area contributed by atoms with Crippen molar-refractivity contribution in [1.82, 2.24) is 14.8 Å². The van der Waals surface area contributed by atoms with Crippen molar-refractivity contribution in [1.29, 1.82) is 0 Å². The molecule has 0 saturated carbocycles. The molecule has 2 aliphatic rings. The largest absolute Gasteiger partial charge is 0.497 e. The third-order valence-electron chi connectivity index (χ3n) is 5.73. The first kappa shape index (κ1) is 19.6. The van der Waals surface area contributed by atoms with E-state index in [1.165, 1.54) is 5.57 Å². The molecule has 1 fully saturated rings. The van der Waals surface area contributed by atoms with Gasteiger partial charge in [0.05, 0.1) is 18.8 Å². The lowest BCUT2D eigenvalue weighted by Crippen LogP contribution is -2.65. The maximum absolute atomic E-state index is 12.6. The van der Waals surface area contributed by atoms with E-state index in [2.05, 4.69) is 22.0 Å². The molecule has 2 aromatic rings. The molecule has 1 aromatic carbocycles. The van der Waals surface area contributed by atoms with Gasteiger partial charge in [0.1, 0.15) is 5.75 Å². The molecule has 152 valence electrons. The zero-order chi connectivity index (χ0) is 20.2. The Hall–Kier alpha value is -2.70. The van der Waals surface area contributed by atoms with Gasteiger partial charge in [0, 0.05) is 39.5 Å². The number of methoxy groups -OCH3 is 2. The number of aromatic nitrogens is 1. The molecule has 6 nitrogen and oxygen atoms in total. The van der Waals surface area contributed by atoms with E-state index in [9.17, 15) is 4.79 Å². The molecule has 6 heteroatoms. The highest BCUT2D eigenvalue weighted by Gasteiger charge is 2.49. The Morgan fingerprint density at radius 3 is 2.55 bits per heavy atom. The number of likely N-dealkylation sites (tertiary alicyclic amines) is 1. The molecule has 2 aliphatic heterocycles. The number of amides is 1. The van der Waals surface area contributed by atoms with Crippen LogP contribution >= 0.6 is 0 Å². The summed E-state index contributed by atoms with van der Waals surface area (Å²) < 4.78 is 10.7. The number of ether oxygens (including phenoxy) is 2. The predicted molar refractivity (Wildman–Crippen MR) is 110 cm³/mol. The zero-order valence-electron chi connectivity index (χ0n) is 17.0. The summed E-state index contributed by atoms with van der Waals surface area (Å²) in [5.74, 6) is 0.878. The van der Waals surface area contributed by atoms with E-state index in [4.69, 9.17) is 9.47 Å². The van der Waals surface area contributed by atoms with Gasteiger partial charge in [0.25, 0.3) is 5.91 Å². The molecule has 2 atom stereocenters. The third-order valence-corrected chi connectivity index (χ3v) is 5.73. The van der Waals surface area contributed by atoms with Gasteiger partial charge >= 0.3 is 0 Å². The minimum absolute atomic E-state index is 0.0200. The fraction of sp³-hybridized carbons (Fsp3) is 0.391. The fourth-order valence-electron chi connectivity index (χ4n) is 4.11. The van der Waals surface area contributed by atoms with Crippen LogP contribution in [0, 0.1) is 0 Å². The average Bonchev–Trinajstić information content (AvgIpc) is 2.77. The second kappa shape index (κ2) is 8.76. The van der Waals surface area contributed by atoms with E-state index in [0.717, 1.165) is 43.1 Å². The van der Waals surface area contributed by atoms with Crippen molar-refractivity contribution in [2.45, 2.75) is 31.7 Å². The van der Waals surface area contributed by atoms with Gasteiger partial charge in [0.2, 0.25) is 0 Å². The quantitative estimate of drug-likeness (QED) is 0.535. The lowest BCUT2D eigenvalue weighted by atomic mass is 9.86. The molecular formula is C23H27N3O3. The van der Waals surface area contributed by atoms with Crippen LogP contribution in [0.3, 0.4) is 0 Å². The molecule has 1 saturated heterocycles. The van der Waals surface area contributed by atoms with Gasteiger partial charge in [0.15, 0.2) is 6.10 Å². The molecule has 1 amide bonds. The van der Waals surface area contributed by atoms with Gasteiger partial charge in [-0.2, -0.15) is 0 Å². The molecule has 4 rings (SSSR count). The summed E-state index contributed by atoms with van der Waals surface area (Å²) in [4.78, 5) is 21.3. The van der Waals surface area contributed by atoms with E-state index >= 15 is 0 Å². The van der Waals surface area contributed by atoms with Crippen LogP contribution in [-0.2, 0) is 22.6 Å². The van der Waals surface area contributed by atoms with E-state index in [1.54, 1.807) is 14.2 Å². The van der Waals surface area contributed by atoms with Gasteiger partial charge < -0.3 is 14.4 Å². The summed E-state index contributed by atoms with van der Waals surface area (Å²) in [6, 6.07) is 13.9. The van der Waals surface area contributed by atoms with Crippen LogP contribution in [0.25, 0.3) is 0 Å². The van der Waals surface area contributed by atoms with Crippen molar-refractivity contribution in [3.05, 3.63) is 71.6 Å². The molecule has 0 bridgehead atoms. The number of pyridine rings is 1. The summed E-state index contributed by atoms with van der Waals surface area (Å²) in [5.41, 5.74) is 3.47. The third kappa shape index (κ3) is 4.18. The number of β-lactam (4-membered cyclic amide) rings is 1. The molecule has 0 unspecified atom stereocenters. The first-order chi connectivity index (χ1) is 14.2. The monoisotopic (exact) mass is 393 g/mol. The lowest BCUT2D eigenvalue weighted by Gasteiger charge is -2.48. The number of rotatable bonds is 7. The average molecular weight is 393 g/mol. The summed E-state index contributed by atoms with van der Waals surface area (Å²) in [6.45, 7) is 3.25. The van der Waals surface area contributed by atoms with Crippen LogP contribution < -0.4 is 4.74 Å². The first-order valence-electron chi connectivity index (χ1n) is 9.97. The Labute approximate surface area is 171 Å². The van der Waals surface area contributed by atoms with E-state index in [-0.39, 0.29) is 18.1 Å². The number of carbonyl (C=O) groups is 1. The van der Waals surface area contributed by atoms with Gasteiger partial charge in [-0.1, -0.05) is 24.3 Å². The van der Waals surface area contributed by atoms with Crippen molar-refractivity contribution >= 4 is 5.91 Å². The Balaban J connectivity index is 1.42. The highest BCUT2D eigenvalue weighted by Crippen LogP contribution is 2.33. The SMILES string of the molecule is COc1ccc(CN2C(=O)[C@H](OC)[C@@H]2C2=CCN(Cc3ccccn3)CC2)cc1. The number of nitrogens with zero attached hydrogens (tertiary/aromatic N) is 3. The van der Waals surface area contributed by atoms with Crippen LogP contribution in [0.15, 0.2) is 60.3 Å². The molecule has 1 aromatic heterocycles. The van der Waals surface area contributed by atoms with Crippen molar-refractivity contribution in [2.24, 2.45) is 0 Å². The first-order valence-corrected chi connectivity index (χ1v) is 9.97. The van der Waals surface area contributed by atoms with Crippen molar-refractivity contribution in [3.8, 4) is 5.75 Å². The minimum Gasteiger partial charge on any atom is -0.497 e. The summed E-state index contributed by atoms with van der Waals surface area (Å²) in [7, 11) is 3.27. The lowest BCUT2D eigenvalue weighted by molar-refractivity contribution is -0.168. The molecule has 0 spiro atoms. The van der Waals surface area contributed by atoms with Crippen LogP contribution in [0.2, 0.25) is 0 Å². The van der Waals surface area contributed by atoms with Gasteiger partial charge in [-0.15, -0.1) is 0 Å². The topological polar surface area (TPSA) is 54.9 Å². The van der Waals surface area contributed by atoms with Gasteiger partial charge in [-0.25, -0.2) is 0 Å². The highest BCUT2D eigenvalue weighted by molar-refractivity contribution is 5.89. The molecule has 0 radical (unpaired) electrons. The van der Waals surface area contributed by atoms with Crippen molar-refractivity contribution in [2.75, 3.05) is 27.3 Å². The summed E-state index contributed by atoms with van der Waals surface area (Å²) >= 11 is 0. The summed E-state index contributed by atoms with van der Waals surface area (Å²) in [5, 5.41) is 0. The number of benzene rings is 1. The number of hydrogen-bond donors (Lipinski definition) is 0. The fourth-order valence-corrected chi connectivity index (χ4v) is 4.11. The van der Waals surface area contributed by atoms with Crippen molar-refractivity contribution in [3.63, 3.8) is 0 Å². The second-order valence-electron chi connectivity index (χ2n) is 7.50.